The summed E-state index contributed by atoms with van der Waals surface area (Å²) in [6.07, 6.45) is 1.85. The predicted octanol–water partition coefficient (Wildman–Crippen LogP) is 3.05. The molecule has 1 aromatic carbocycles. The topological polar surface area (TPSA) is 42.1 Å². The number of rotatable bonds is 4. The normalized spacial score (nSPS) is 12.2. The van der Waals surface area contributed by atoms with Gasteiger partial charge in [0, 0.05) is 25.8 Å². The molecule has 1 atom stereocenters. The summed E-state index contributed by atoms with van der Waals surface area (Å²) in [6.45, 7) is 4.92. The summed E-state index contributed by atoms with van der Waals surface area (Å²) in [5, 5.41) is 0. The molecule has 0 saturated heterocycles. The molecule has 2 N–H and O–H groups in total. The summed E-state index contributed by atoms with van der Waals surface area (Å²) in [6, 6.07) is 12.7. The monoisotopic (exact) mass is 255 g/mol. The van der Waals surface area contributed by atoms with Gasteiger partial charge in [-0.3, -0.25) is 0 Å². The van der Waals surface area contributed by atoms with E-state index in [1.54, 1.807) is 0 Å². The second kappa shape index (κ2) is 5.85. The molecule has 0 radical (unpaired) electrons. The van der Waals surface area contributed by atoms with Gasteiger partial charge in [-0.2, -0.15) is 0 Å². The Morgan fingerprint density at radius 2 is 1.84 bits per heavy atom. The van der Waals surface area contributed by atoms with Crippen molar-refractivity contribution in [1.29, 1.82) is 0 Å². The first-order chi connectivity index (χ1) is 9.06. The van der Waals surface area contributed by atoms with Crippen molar-refractivity contribution in [2.45, 2.75) is 26.4 Å². The van der Waals surface area contributed by atoms with E-state index >= 15 is 0 Å². The molecule has 3 nitrogen and oxygen atoms in total. The van der Waals surface area contributed by atoms with Crippen LogP contribution in [-0.4, -0.2) is 12.0 Å². The fourth-order valence-corrected chi connectivity index (χ4v) is 1.94. The number of aryl methyl sites for hydroxylation is 1. The highest BCUT2D eigenvalue weighted by Crippen LogP contribution is 2.16. The first kappa shape index (κ1) is 13.6. The summed E-state index contributed by atoms with van der Waals surface area (Å²) in [4.78, 5) is 6.59. The molecule has 0 amide bonds. The highest BCUT2D eigenvalue weighted by atomic mass is 15.2. The lowest BCUT2D eigenvalue weighted by Gasteiger charge is -2.19. The van der Waals surface area contributed by atoms with Gasteiger partial charge in [-0.05, 0) is 31.0 Å². The Kier molecular flexibility index (Phi) is 4.17. The standard InChI is InChI=1S/C16H21N3/c1-12-4-6-14(7-5-12)11-19(3)16-9-8-15(10-18-16)13(2)17/h4-10,13H,11,17H2,1-3H3/t13-/m1/s1. The zero-order chi connectivity index (χ0) is 13.8. The van der Waals surface area contributed by atoms with Gasteiger partial charge in [0.1, 0.15) is 5.82 Å². The molecule has 0 unspecified atom stereocenters. The van der Waals surface area contributed by atoms with E-state index in [4.69, 9.17) is 5.73 Å². The van der Waals surface area contributed by atoms with Crippen LogP contribution in [0.2, 0.25) is 0 Å². The minimum Gasteiger partial charge on any atom is -0.355 e. The average Bonchev–Trinajstić information content (AvgIpc) is 2.41. The molecule has 0 aliphatic heterocycles. The van der Waals surface area contributed by atoms with Crippen LogP contribution in [0.4, 0.5) is 5.82 Å². The van der Waals surface area contributed by atoms with E-state index in [1.165, 1.54) is 11.1 Å². The van der Waals surface area contributed by atoms with Crippen LogP contribution < -0.4 is 10.6 Å². The van der Waals surface area contributed by atoms with Gasteiger partial charge in [0.25, 0.3) is 0 Å². The maximum Gasteiger partial charge on any atom is 0.128 e. The number of nitrogens with zero attached hydrogens (tertiary/aromatic N) is 2. The van der Waals surface area contributed by atoms with Gasteiger partial charge in [0.2, 0.25) is 0 Å². The molecule has 0 saturated carbocycles. The maximum absolute atomic E-state index is 5.82. The number of aromatic nitrogens is 1. The smallest absolute Gasteiger partial charge is 0.128 e. The van der Waals surface area contributed by atoms with Crippen LogP contribution in [-0.2, 0) is 6.54 Å². The Hall–Kier alpha value is -1.87. The largest absolute Gasteiger partial charge is 0.355 e. The number of hydrogen-bond donors (Lipinski definition) is 1. The van der Waals surface area contributed by atoms with E-state index in [0.29, 0.717) is 0 Å². The summed E-state index contributed by atoms with van der Waals surface area (Å²) in [5.74, 6) is 0.963. The van der Waals surface area contributed by atoms with Gasteiger partial charge in [0.05, 0.1) is 0 Å². The second-order valence-corrected chi connectivity index (χ2v) is 5.08. The second-order valence-electron chi connectivity index (χ2n) is 5.08. The molecule has 0 fully saturated rings. The molecule has 3 heteroatoms. The summed E-state index contributed by atoms with van der Waals surface area (Å²) in [7, 11) is 2.05. The minimum absolute atomic E-state index is 0.0314. The van der Waals surface area contributed by atoms with Crippen LogP contribution in [0.25, 0.3) is 0 Å². The third kappa shape index (κ3) is 3.55. The number of benzene rings is 1. The van der Waals surface area contributed by atoms with E-state index < -0.39 is 0 Å². The van der Waals surface area contributed by atoms with Crippen LogP contribution in [0.3, 0.4) is 0 Å². The van der Waals surface area contributed by atoms with Crippen molar-refractivity contribution in [2.75, 3.05) is 11.9 Å². The first-order valence-electron chi connectivity index (χ1n) is 6.54. The van der Waals surface area contributed by atoms with E-state index in [2.05, 4.69) is 41.1 Å². The van der Waals surface area contributed by atoms with Crippen LogP contribution in [0.5, 0.6) is 0 Å². The highest BCUT2D eigenvalue weighted by molar-refractivity contribution is 5.40. The molecule has 1 aromatic heterocycles. The molecule has 0 aliphatic rings. The van der Waals surface area contributed by atoms with Crippen molar-refractivity contribution in [3.05, 3.63) is 59.3 Å². The molecule has 100 valence electrons. The molecule has 1 heterocycles. The molecule has 19 heavy (non-hydrogen) atoms. The molecule has 2 rings (SSSR count). The average molecular weight is 255 g/mol. The molecule has 0 bridgehead atoms. The summed E-state index contributed by atoms with van der Waals surface area (Å²) < 4.78 is 0. The number of pyridine rings is 1. The van der Waals surface area contributed by atoms with Crippen molar-refractivity contribution in [1.82, 2.24) is 4.98 Å². The lowest BCUT2D eigenvalue weighted by atomic mass is 10.1. The van der Waals surface area contributed by atoms with Gasteiger partial charge in [0.15, 0.2) is 0 Å². The van der Waals surface area contributed by atoms with Crippen molar-refractivity contribution in [3.8, 4) is 0 Å². The Balaban J connectivity index is 2.07. The van der Waals surface area contributed by atoms with Crippen molar-refractivity contribution < 1.29 is 0 Å². The Morgan fingerprint density at radius 3 is 2.37 bits per heavy atom. The van der Waals surface area contributed by atoms with Crippen molar-refractivity contribution in [2.24, 2.45) is 5.73 Å². The molecule has 2 aromatic rings. The zero-order valence-corrected chi connectivity index (χ0v) is 11.8. The van der Waals surface area contributed by atoms with Gasteiger partial charge < -0.3 is 10.6 Å². The van der Waals surface area contributed by atoms with Gasteiger partial charge in [-0.25, -0.2) is 4.98 Å². The van der Waals surface area contributed by atoms with Crippen LogP contribution in [0.1, 0.15) is 29.7 Å². The van der Waals surface area contributed by atoms with E-state index in [-0.39, 0.29) is 6.04 Å². The minimum atomic E-state index is 0.0314. The van der Waals surface area contributed by atoms with Crippen LogP contribution in [0.15, 0.2) is 42.6 Å². The van der Waals surface area contributed by atoms with Gasteiger partial charge in [-0.1, -0.05) is 35.9 Å². The lowest BCUT2D eigenvalue weighted by Crippen LogP contribution is -2.18. The quantitative estimate of drug-likeness (QED) is 0.913. The molecular weight excluding hydrogens is 234 g/mol. The molecule has 0 aliphatic carbocycles. The fraction of sp³-hybridized carbons (Fsp3) is 0.312. The maximum atomic E-state index is 5.82. The van der Waals surface area contributed by atoms with Crippen molar-refractivity contribution >= 4 is 5.82 Å². The highest BCUT2D eigenvalue weighted by Gasteiger charge is 2.05. The number of anilines is 1. The Labute approximate surface area is 115 Å². The lowest BCUT2D eigenvalue weighted by molar-refractivity contribution is 0.807. The predicted molar refractivity (Wildman–Crippen MR) is 80.1 cm³/mol. The first-order valence-corrected chi connectivity index (χ1v) is 6.54. The summed E-state index contributed by atoms with van der Waals surface area (Å²) in [5.41, 5.74) is 9.45. The van der Waals surface area contributed by atoms with Gasteiger partial charge in [-0.15, -0.1) is 0 Å². The Morgan fingerprint density at radius 1 is 1.16 bits per heavy atom. The van der Waals surface area contributed by atoms with Crippen LogP contribution in [0, 0.1) is 6.92 Å². The fourth-order valence-electron chi connectivity index (χ4n) is 1.94. The molecular formula is C16H21N3. The van der Waals surface area contributed by atoms with Crippen molar-refractivity contribution in [3.63, 3.8) is 0 Å². The van der Waals surface area contributed by atoms with Crippen LogP contribution >= 0.6 is 0 Å². The van der Waals surface area contributed by atoms with E-state index in [0.717, 1.165) is 17.9 Å². The Bertz CT molecular complexity index is 515. The number of nitrogens with two attached hydrogens (primary N) is 1. The van der Waals surface area contributed by atoms with E-state index in [1.807, 2.05) is 32.3 Å². The molecule has 0 spiro atoms. The van der Waals surface area contributed by atoms with E-state index in [9.17, 15) is 0 Å². The van der Waals surface area contributed by atoms with Gasteiger partial charge >= 0.3 is 0 Å². The zero-order valence-electron chi connectivity index (χ0n) is 11.8. The SMILES string of the molecule is Cc1ccc(CN(C)c2ccc([C@@H](C)N)cn2)cc1. The third-order valence-corrected chi connectivity index (χ3v) is 3.23. The third-order valence-electron chi connectivity index (χ3n) is 3.23. The number of hydrogen-bond acceptors (Lipinski definition) is 3. The summed E-state index contributed by atoms with van der Waals surface area (Å²) >= 11 is 0.